The molecule has 9 heteroatoms. The fourth-order valence-corrected chi connectivity index (χ4v) is 4.22. The highest BCUT2D eigenvalue weighted by molar-refractivity contribution is 6.23. The first kappa shape index (κ1) is 19.8. The van der Waals surface area contributed by atoms with Crippen molar-refractivity contribution in [1.82, 2.24) is 0 Å². The second-order valence-corrected chi connectivity index (χ2v) is 7.50. The molecule has 0 radical (unpaired) electrons. The molecule has 0 aromatic heterocycles. The first-order valence-electron chi connectivity index (χ1n) is 9.84. The molecule has 160 valence electrons. The lowest BCUT2D eigenvalue weighted by molar-refractivity contribution is -0.384. The Labute approximate surface area is 181 Å². The van der Waals surface area contributed by atoms with Gasteiger partial charge in [0, 0.05) is 12.1 Å². The van der Waals surface area contributed by atoms with Gasteiger partial charge in [-0.15, -0.1) is 0 Å². The fourth-order valence-electron chi connectivity index (χ4n) is 4.22. The van der Waals surface area contributed by atoms with Crippen LogP contribution in [-0.2, 0) is 14.4 Å². The van der Waals surface area contributed by atoms with Crippen LogP contribution < -0.4 is 9.96 Å². The lowest BCUT2D eigenvalue weighted by Crippen LogP contribution is -2.37. The van der Waals surface area contributed by atoms with Gasteiger partial charge in [-0.25, -0.2) is 14.4 Å². The molecule has 2 saturated heterocycles. The highest BCUT2D eigenvalue weighted by Gasteiger charge is 2.60. The van der Waals surface area contributed by atoms with E-state index in [0.717, 1.165) is 4.90 Å². The summed E-state index contributed by atoms with van der Waals surface area (Å²) >= 11 is 0. The second-order valence-electron chi connectivity index (χ2n) is 7.50. The van der Waals surface area contributed by atoms with Crippen molar-refractivity contribution in [3.63, 3.8) is 0 Å². The molecular weight excluding hydrogens is 417 g/mol. The van der Waals surface area contributed by atoms with Crippen LogP contribution in [0, 0.1) is 21.8 Å². The molecule has 3 atom stereocenters. The van der Waals surface area contributed by atoms with Crippen molar-refractivity contribution in [2.45, 2.75) is 12.1 Å². The molecule has 2 fully saturated rings. The summed E-state index contributed by atoms with van der Waals surface area (Å²) in [6, 6.07) is 19.1. The van der Waals surface area contributed by atoms with E-state index >= 15 is 0 Å². The Hall–Kier alpha value is -4.11. The number of imide groups is 1. The number of para-hydroxylation sites is 1. The molecule has 0 N–H and O–H groups in total. The van der Waals surface area contributed by atoms with Gasteiger partial charge in [0.25, 0.3) is 11.6 Å². The molecule has 2 heterocycles. The number of carbonyl (C=O) groups excluding carboxylic acids is 2. The number of halogens is 1. The zero-order valence-corrected chi connectivity index (χ0v) is 16.5. The molecular formula is C23H16FN3O5. The van der Waals surface area contributed by atoms with Gasteiger partial charge in [0.1, 0.15) is 11.7 Å². The summed E-state index contributed by atoms with van der Waals surface area (Å²) in [7, 11) is 0. The molecule has 5 rings (SSSR count). The third-order valence-corrected chi connectivity index (χ3v) is 5.63. The number of nitro groups is 1. The normalized spacial score (nSPS) is 22.3. The second kappa shape index (κ2) is 7.54. The van der Waals surface area contributed by atoms with E-state index in [1.807, 2.05) is 6.07 Å². The molecule has 2 aliphatic heterocycles. The van der Waals surface area contributed by atoms with Crippen molar-refractivity contribution < 1.29 is 23.7 Å². The number of rotatable bonds is 4. The summed E-state index contributed by atoms with van der Waals surface area (Å²) in [6.45, 7) is 0. The topological polar surface area (TPSA) is 93.0 Å². The Morgan fingerprint density at radius 3 is 2.28 bits per heavy atom. The smallest absolute Gasteiger partial charge is 0.269 e. The maximum Gasteiger partial charge on any atom is 0.269 e. The van der Waals surface area contributed by atoms with E-state index < -0.39 is 40.6 Å². The number of hydroxylamine groups is 1. The number of hydrogen-bond donors (Lipinski definition) is 0. The third-order valence-electron chi connectivity index (χ3n) is 5.63. The molecule has 2 aliphatic rings. The minimum absolute atomic E-state index is 0.133. The molecule has 0 saturated carbocycles. The Kier molecular flexibility index (Phi) is 4.67. The summed E-state index contributed by atoms with van der Waals surface area (Å²) in [5.41, 5.74) is 1.18. The molecule has 8 nitrogen and oxygen atoms in total. The van der Waals surface area contributed by atoms with Crippen molar-refractivity contribution in [2.75, 3.05) is 9.96 Å². The van der Waals surface area contributed by atoms with E-state index in [1.165, 1.54) is 47.5 Å². The maximum atomic E-state index is 13.4. The standard InChI is InChI=1S/C23H16FN3O5/c24-15-9-11-16(12-10-15)25-22(28)19-20(14-5-4-8-18(13-14)27(30)31)26(32-21(19)23(25)29)17-6-2-1-3-7-17/h1-13,19-21H/t19-,20+,21+/m1/s1. The van der Waals surface area contributed by atoms with Crippen molar-refractivity contribution in [3.05, 3.63) is 100 Å². The van der Waals surface area contributed by atoms with Crippen LogP contribution in [0.1, 0.15) is 11.6 Å². The summed E-state index contributed by atoms with van der Waals surface area (Å²) in [4.78, 5) is 44.4. The highest BCUT2D eigenvalue weighted by atomic mass is 19.1. The molecule has 0 unspecified atom stereocenters. The lowest BCUT2D eigenvalue weighted by atomic mass is 9.90. The zero-order chi connectivity index (χ0) is 22.4. The third kappa shape index (κ3) is 3.10. The molecule has 3 aromatic carbocycles. The van der Waals surface area contributed by atoms with E-state index in [0.29, 0.717) is 11.3 Å². The first-order chi connectivity index (χ1) is 15.5. The van der Waals surface area contributed by atoms with Gasteiger partial charge in [-0.05, 0) is 42.0 Å². The van der Waals surface area contributed by atoms with Gasteiger partial charge in [0.2, 0.25) is 5.91 Å². The molecule has 3 aromatic rings. The average Bonchev–Trinajstić information content (AvgIpc) is 3.31. The Bertz CT molecular complexity index is 1220. The molecule has 0 spiro atoms. The van der Waals surface area contributed by atoms with E-state index in [-0.39, 0.29) is 11.4 Å². The van der Waals surface area contributed by atoms with Crippen LogP contribution in [0.25, 0.3) is 0 Å². The zero-order valence-electron chi connectivity index (χ0n) is 16.5. The number of amides is 2. The SMILES string of the molecule is O=C1[C@H]2[C@H](ON(c3ccccc3)[C@H]2c2cccc([N+](=O)[O-])c2)C(=O)N1c1ccc(F)cc1. The average molecular weight is 433 g/mol. The van der Waals surface area contributed by atoms with Gasteiger partial charge < -0.3 is 0 Å². The highest BCUT2D eigenvalue weighted by Crippen LogP contribution is 2.47. The van der Waals surface area contributed by atoms with Crippen molar-refractivity contribution >= 4 is 28.9 Å². The number of non-ortho nitro benzene ring substituents is 1. The Morgan fingerprint density at radius 2 is 1.59 bits per heavy atom. The quantitative estimate of drug-likeness (QED) is 0.353. The number of hydrogen-bond acceptors (Lipinski definition) is 6. The molecule has 32 heavy (non-hydrogen) atoms. The van der Waals surface area contributed by atoms with Gasteiger partial charge >= 0.3 is 0 Å². The van der Waals surface area contributed by atoms with Crippen LogP contribution in [0.4, 0.5) is 21.5 Å². The predicted molar refractivity (Wildman–Crippen MR) is 112 cm³/mol. The van der Waals surface area contributed by atoms with Crippen molar-refractivity contribution in [1.29, 1.82) is 0 Å². The molecule has 2 amide bonds. The summed E-state index contributed by atoms with van der Waals surface area (Å²) in [5, 5.41) is 12.8. The van der Waals surface area contributed by atoms with E-state index in [2.05, 4.69) is 0 Å². The summed E-state index contributed by atoms with van der Waals surface area (Å²) < 4.78 is 13.3. The number of fused-ring (bicyclic) bond motifs is 1. The monoisotopic (exact) mass is 433 g/mol. The Morgan fingerprint density at radius 1 is 0.875 bits per heavy atom. The molecule has 0 bridgehead atoms. The van der Waals surface area contributed by atoms with Gasteiger partial charge in [-0.3, -0.25) is 24.5 Å². The Balaban J connectivity index is 1.60. The fraction of sp³-hybridized carbons (Fsp3) is 0.130. The number of anilines is 2. The van der Waals surface area contributed by atoms with Crippen LogP contribution in [0.15, 0.2) is 78.9 Å². The number of benzene rings is 3. The van der Waals surface area contributed by atoms with Gasteiger partial charge in [0.05, 0.1) is 22.3 Å². The van der Waals surface area contributed by atoms with E-state index in [4.69, 9.17) is 4.84 Å². The predicted octanol–water partition coefficient (Wildman–Crippen LogP) is 3.79. The van der Waals surface area contributed by atoms with Crippen LogP contribution in [0.5, 0.6) is 0 Å². The van der Waals surface area contributed by atoms with Gasteiger partial charge in [-0.1, -0.05) is 30.3 Å². The number of carbonyl (C=O) groups is 2. The summed E-state index contributed by atoms with van der Waals surface area (Å²) in [6.07, 6.45) is -1.11. The van der Waals surface area contributed by atoms with Gasteiger partial charge in [0.15, 0.2) is 6.10 Å². The maximum absolute atomic E-state index is 13.4. The number of nitrogens with zero attached hydrogens (tertiary/aromatic N) is 3. The minimum Gasteiger partial charge on any atom is -0.273 e. The molecule has 0 aliphatic carbocycles. The van der Waals surface area contributed by atoms with Crippen LogP contribution >= 0.6 is 0 Å². The van der Waals surface area contributed by atoms with Gasteiger partial charge in [-0.2, -0.15) is 0 Å². The van der Waals surface area contributed by atoms with Crippen LogP contribution in [-0.4, -0.2) is 22.8 Å². The van der Waals surface area contributed by atoms with Crippen molar-refractivity contribution in [2.24, 2.45) is 5.92 Å². The minimum atomic E-state index is -1.11. The first-order valence-corrected chi connectivity index (χ1v) is 9.84. The lowest BCUT2D eigenvalue weighted by Gasteiger charge is -2.28. The van der Waals surface area contributed by atoms with E-state index in [9.17, 15) is 24.1 Å². The largest absolute Gasteiger partial charge is 0.273 e. The van der Waals surface area contributed by atoms with Crippen molar-refractivity contribution in [3.8, 4) is 0 Å². The van der Waals surface area contributed by atoms with Crippen LogP contribution in [0.3, 0.4) is 0 Å². The number of nitro benzene ring substituents is 1. The van der Waals surface area contributed by atoms with E-state index in [1.54, 1.807) is 30.3 Å². The summed E-state index contributed by atoms with van der Waals surface area (Å²) in [5.74, 6) is -2.51. The van der Waals surface area contributed by atoms with Crippen LogP contribution in [0.2, 0.25) is 0 Å².